The number of nitrogens with zero attached hydrogens (tertiary/aromatic N) is 1. The van der Waals surface area contributed by atoms with Crippen molar-refractivity contribution in [2.45, 2.75) is 6.10 Å². The molecule has 1 N–H and O–H groups in total. The number of carbonyl (C=O) groups is 1. The van der Waals surface area contributed by atoms with Crippen molar-refractivity contribution in [2.75, 3.05) is 19.8 Å². The molecule has 1 unspecified atom stereocenters. The van der Waals surface area contributed by atoms with Gasteiger partial charge >= 0.3 is 0 Å². The third kappa shape index (κ3) is 2.92. The maximum Gasteiger partial charge on any atom is 0.284 e. The van der Waals surface area contributed by atoms with Crippen molar-refractivity contribution in [3.63, 3.8) is 0 Å². The lowest BCUT2D eigenvalue weighted by Crippen LogP contribution is -2.32. The monoisotopic (exact) mass is 241 g/mol. The molecule has 1 aromatic carbocycles. The molecule has 0 aliphatic carbocycles. The maximum absolute atomic E-state index is 13.2. The van der Waals surface area contributed by atoms with E-state index >= 15 is 0 Å². The van der Waals surface area contributed by atoms with Crippen molar-refractivity contribution in [3.8, 4) is 5.75 Å². The summed E-state index contributed by atoms with van der Waals surface area (Å²) in [5, 5.41) is 10.2. The van der Waals surface area contributed by atoms with E-state index in [4.69, 9.17) is 14.7 Å². The fourth-order valence-electron chi connectivity index (χ4n) is 1.42. The molecule has 1 amide bonds. The Morgan fingerprint density at radius 1 is 1.59 bits per heavy atom. The zero-order chi connectivity index (χ0) is 12.3. The predicted octanol–water partition coefficient (Wildman–Crippen LogP) is 0.339. The van der Waals surface area contributed by atoms with Gasteiger partial charge in [0.15, 0.2) is 18.2 Å². The Balaban J connectivity index is 1.86. The number of aliphatic hydroxyl groups excluding tert-OH is 1. The smallest absolute Gasteiger partial charge is 0.284 e. The van der Waals surface area contributed by atoms with Crippen LogP contribution in [0.1, 0.15) is 0 Å². The summed E-state index contributed by atoms with van der Waals surface area (Å²) >= 11 is 0. The number of β-amino-alcohol motifs (C(OH)–C–C–N with tert-alkyl or cyclic N) is 1. The number of hydrogen-bond acceptors (Lipinski definition) is 4. The third-order valence-electron chi connectivity index (χ3n) is 2.27. The first-order valence-corrected chi connectivity index (χ1v) is 5.15. The molecule has 0 bridgehead atoms. The second kappa shape index (κ2) is 5.11. The lowest BCUT2D eigenvalue weighted by atomic mass is 10.3. The molecule has 0 spiro atoms. The van der Waals surface area contributed by atoms with Crippen molar-refractivity contribution in [3.05, 3.63) is 30.1 Å². The Kier molecular flexibility index (Phi) is 3.55. The number of amides is 1. The highest BCUT2D eigenvalue weighted by molar-refractivity contribution is 5.76. The van der Waals surface area contributed by atoms with Crippen LogP contribution in [-0.2, 0) is 9.63 Å². The quantitative estimate of drug-likeness (QED) is 0.829. The first-order valence-electron chi connectivity index (χ1n) is 5.15. The van der Waals surface area contributed by atoms with Gasteiger partial charge in [-0.05, 0) is 12.1 Å². The average molecular weight is 241 g/mol. The predicted molar refractivity (Wildman–Crippen MR) is 55.6 cm³/mol. The van der Waals surface area contributed by atoms with E-state index in [1.54, 1.807) is 6.07 Å². The van der Waals surface area contributed by atoms with Gasteiger partial charge < -0.3 is 9.84 Å². The molecular weight excluding hydrogens is 229 g/mol. The molecule has 1 atom stereocenters. The largest absolute Gasteiger partial charge is 0.481 e. The number of para-hydroxylation sites is 1. The highest BCUT2D eigenvalue weighted by Gasteiger charge is 2.26. The first kappa shape index (κ1) is 11.8. The summed E-state index contributed by atoms with van der Waals surface area (Å²) in [4.78, 5) is 16.4. The molecule has 0 aromatic heterocycles. The highest BCUT2D eigenvalue weighted by Crippen LogP contribution is 2.15. The van der Waals surface area contributed by atoms with Crippen molar-refractivity contribution in [1.29, 1.82) is 0 Å². The SMILES string of the molecule is O=C(COc1ccccc1F)N1CC(O)CO1. The van der Waals surface area contributed by atoms with Gasteiger partial charge in [-0.2, -0.15) is 0 Å². The fourth-order valence-corrected chi connectivity index (χ4v) is 1.42. The van der Waals surface area contributed by atoms with Crippen LogP contribution in [0.4, 0.5) is 4.39 Å². The van der Waals surface area contributed by atoms with Crippen molar-refractivity contribution in [2.24, 2.45) is 0 Å². The number of hydroxylamine groups is 2. The zero-order valence-corrected chi connectivity index (χ0v) is 9.01. The number of hydrogen-bond donors (Lipinski definition) is 1. The molecule has 6 heteroatoms. The number of benzene rings is 1. The Hall–Kier alpha value is -1.66. The van der Waals surface area contributed by atoms with Crippen molar-refractivity contribution < 1.29 is 23.9 Å². The zero-order valence-electron chi connectivity index (χ0n) is 9.01. The molecule has 1 heterocycles. The van der Waals surface area contributed by atoms with Gasteiger partial charge in [-0.3, -0.25) is 9.63 Å². The van der Waals surface area contributed by atoms with Crippen molar-refractivity contribution in [1.82, 2.24) is 5.06 Å². The van der Waals surface area contributed by atoms with Gasteiger partial charge in [-0.1, -0.05) is 12.1 Å². The Bertz CT molecular complexity index is 412. The minimum absolute atomic E-state index is 0.0144. The molecule has 1 aromatic rings. The van der Waals surface area contributed by atoms with Gasteiger partial charge in [0, 0.05) is 0 Å². The van der Waals surface area contributed by atoms with Crippen LogP contribution in [0.5, 0.6) is 5.75 Å². The van der Waals surface area contributed by atoms with Gasteiger partial charge in [0.1, 0.15) is 12.7 Å². The molecule has 0 radical (unpaired) electrons. The van der Waals surface area contributed by atoms with Crippen LogP contribution in [0.15, 0.2) is 24.3 Å². The van der Waals surface area contributed by atoms with Gasteiger partial charge in [-0.25, -0.2) is 9.45 Å². The van der Waals surface area contributed by atoms with E-state index < -0.39 is 17.8 Å². The van der Waals surface area contributed by atoms with Gasteiger partial charge in [0.25, 0.3) is 5.91 Å². The van der Waals surface area contributed by atoms with Crippen LogP contribution in [-0.4, -0.2) is 41.9 Å². The van der Waals surface area contributed by atoms with Crippen molar-refractivity contribution >= 4 is 5.91 Å². The molecule has 2 rings (SSSR count). The molecule has 1 saturated heterocycles. The summed E-state index contributed by atoms with van der Waals surface area (Å²) in [6.45, 7) is -0.126. The van der Waals surface area contributed by atoms with Crippen LogP contribution >= 0.6 is 0 Å². The number of halogens is 1. The Morgan fingerprint density at radius 2 is 2.35 bits per heavy atom. The van der Waals surface area contributed by atoms with E-state index in [-0.39, 0.29) is 25.5 Å². The Morgan fingerprint density at radius 3 is 3.00 bits per heavy atom. The second-order valence-corrected chi connectivity index (χ2v) is 3.62. The lowest BCUT2D eigenvalue weighted by molar-refractivity contribution is -0.170. The summed E-state index contributed by atoms with van der Waals surface area (Å²) in [7, 11) is 0. The van der Waals surface area contributed by atoms with E-state index in [9.17, 15) is 9.18 Å². The topological polar surface area (TPSA) is 59.0 Å². The number of carbonyl (C=O) groups excluding carboxylic acids is 1. The van der Waals surface area contributed by atoms with E-state index in [1.165, 1.54) is 18.2 Å². The van der Waals surface area contributed by atoms with E-state index in [1.807, 2.05) is 0 Å². The molecule has 92 valence electrons. The van der Waals surface area contributed by atoms with E-state index in [2.05, 4.69) is 0 Å². The van der Waals surface area contributed by atoms with Crippen LogP contribution in [0.3, 0.4) is 0 Å². The normalized spacial score (nSPS) is 19.4. The van der Waals surface area contributed by atoms with Crippen LogP contribution < -0.4 is 4.74 Å². The summed E-state index contributed by atoms with van der Waals surface area (Å²) in [5.74, 6) is -0.965. The average Bonchev–Trinajstić information content (AvgIpc) is 2.74. The molecule has 1 aliphatic heterocycles. The molecule has 0 saturated carbocycles. The minimum atomic E-state index is -0.674. The molecular formula is C11H12FNO4. The molecule has 17 heavy (non-hydrogen) atoms. The Labute approximate surface area is 97.3 Å². The first-order chi connectivity index (χ1) is 8.16. The maximum atomic E-state index is 13.2. The molecule has 5 nitrogen and oxygen atoms in total. The van der Waals surface area contributed by atoms with Crippen LogP contribution in [0.2, 0.25) is 0 Å². The minimum Gasteiger partial charge on any atom is -0.481 e. The number of aliphatic hydroxyl groups is 1. The summed E-state index contributed by atoms with van der Waals surface area (Å²) in [6.07, 6.45) is -0.674. The number of rotatable bonds is 3. The number of ether oxygens (including phenoxy) is 1. The fraction of sp³-hybridized carbons (Fsp3) is 0.364. The van der Waals surface area contributed by atoms with Gasteiger partial charge in [0.2, 0.25) is 0 Å². The van der Waals surface area contributed by atoms with Crippen LogP contribution in [0.25, 0.3) is 0 Å². The second-order valence-electron chi connectivity index (χ2n) is 3.62. The van der Waals surface area contributed by atoms with Crippen LogP contribution in [0, 0.1) is 5.82 Å². The summed E-state index contributed by atoms with van der Waals surface area (Å²) in [5.41, 5.74) is 0. The summed E-state index contributed by atoms with van der Waals surface area (Å²) < 4.78 is 18.2. The van der Waals surface area contributed by atoms with Gasteiger partial charge in [0.05, 0.1) is 6.54 Å². The summed E-state index contributed by atoms with van der Waals surface area (Å²) in [6, 6.07) is 5.82. The van der Waals surface area contributed by atoms with Gasteiger partial charge in [-0.15, -0.1) is 0 Å². The third-order valence-corrected chi connectivity index (χ3v) is 2.27. The van der Waals surface area contributed by atoms with E-state index in [0.717, 1.165) is 5.06 Å². The van der Waals surface area contributed by atoms with E-state index in [0.29, 0.717) is 0 Å². The molecule has 1 aliphatic rings. The lowest BCUT2D eigenvalue weighted by Gasteiger charge is -2.14. The standard InChI is InChI=1S/C11H12FNO4/c12-9-3-1-2-4-10(9)16-7-11(15)13-5-8(14)6-17-13/h1-4,8,14H,5-7H2. The highest BCUT2D eigenvalue weighted by atomic mass is 19.1. The molecule has 1 fully saturated rings.